The first-order chi connectivity index (χ1) is 11.5. The summed E-state index contributed by atoms with van der Waals surface area (Å²) in [5.41, 5.74) is 1.72. The van der Waals surface area contributed by atoms with Crippen molar-refractivity contribution in [3.8, 4) is 11.1 Å². The second-order valence-corrected chi connectivity index (χ2v) is 7.73. The van der Waals surface area contributed by atoms with Crippen LogP contribution in [0.3, 0.4) is 0 Å². The van der Waals surface area contributed by atoms with Gasteiger partial charge in [0, 0.05) is 6.04 Å². The topological polar surface area (TPSA) is 83.5 Å². The van der Waals surface area contributed by atoms with E-state index in [-0.39, 0.29) is 16.5 Å². The lowest BCUT2D eigenvalue weighted by molar-refractivity contribution is 0.0697. The molecule has 1 fully saturated rings. The summed E-state index contributed by atoms with van der Waals surface area (Å²) in [4.78, 5) is 11.3. The van der Waals surface area contributed by atoms with Crippen LogP contribution in [-0.2, 0) is 10.0 Å². The maximum atomic E-state index is 12.4. The molecule has 2 N–H and O–H groups in total. The molecule has 0 heterocycles. The first kappa shape index (κ1) is 16.7. The molecule has 126 valence electrons. The Balaban J connectivity index is 1.82. The molecule has 0 atom stereocenters. The van der Waals surface area contributed by atoms with Crippen LogP contribution in [0.5, 0.6) is 0 Å². The van der Waals surface area contributed by atoms with E-state index in [1.54, 1.807) is 42.5 Å². The maximum absolute atomic E-state index is 12.4. The second-order valence-electron chi connectivity index (χ2n) is 6.01. The first-order valence-corrected chi connectivity index (χ1v) is 9.40. The summed E-state index contributed by atoms with van der Waals surface area (Å²) in [5.74, 6) is -0.989. The number of carboxylic acids is 1. The summed E-state index contributed by atoms with van der Waals surface area (Å²) >= 11 is 0. The van der Waals surface area contributed by atoms with Crippen molar-refractivity contribution in [1.82, 2.24) is 4.72 Å². The van der Waals surface area contributed by atoms with Crippen LogP contribution in [0.15, 0.2) is 53.4 Å². The molecule has 0 amide bonds. The van der Waals surface area contributed by atoms with Crippen LogP contribution < -0.4 is 4.72 Å². The lowest BCUT2D eigenvalue weighted by Crippen LogP contribution is -2.32. The Bertz CT molecular complexity index is 838. The highest BCUT2D eigenvalue weighted by Crippen LogP contribution is 2.24. The summed E-state index contributed by atoms with van der Waals surface area (Å²) in [5, 5.41) is 9.06. The van der Waals surface area contributed by atoms with E-state index in [2.05, 4.69) is 4.72 Å². The Labute approximate surface area is 141 Å². The minimum Gasteiger partial charge on any atom is -0.478 e. The highest BCUT2D eigenvalue weighted by molar-refractivity contribution is 7.89. The van der Waals surface area contributed by atoms with Crippen LogP contribution in [0.4, 0.5) is 0 Å². The lowest BCUT2D eigenvalue weighted by Gasteiger charge is -2.13. The second kappa shape index (κ2) is 6.75. The van der Waals surface area contributed by atoms with Gasteiger partial charge < -0.3 is 5.11 Å². The van der Waals surface area contributed by atoms with Gasteiger partial charge in [-0.05, 0) is 48.2 Å². The Morgan fingerprint density at radius 3 is 2.29 bits per heavy atom. The molecule has 0 aliphatic heterocycles. The summed E-state index contributed by atoms with van der Waals surface area (Å²) in [6.07, 6.45) is 3.90. The van der Waals surface area contributed by atoms with E-state index in [4.69, 9.17) is 5.11 Å². The van der Waals surface area contributed by atoms with Crippen LogP contribution in [0.25, 0.3) is 11.1 Å². The molecule has 0 radical (unpaired) electrons. The van der Waals surface area contributed by atoms with Crippen molar-refractivity contribution in [3.05, 3.63) is 54.1 Å². The Hall–Kier alpha value is -2.18. The molecule has 24 heavy (non-hydrogen) atoms. The average molecular weight is 345 g/mol. The maximum Gasteiger partial charge on any atom is 0.335 e. The molecule has 1 aliphatic rings. The fourth-order valence-electron chi connectivity index (χ4n) is 2.99. The molecule has 2 aromatic carbocycles. The van der Waals surface area contributed by atoms with Crippen molar-refractivity contribution in [2.24, 2.45) is 0 Å². The van der Waals surface area contributed by atoms with E-state index in [1.165, 1.54) is 6.07 Å². The molecule has 2 aromatic rings. The van der Waals surface area contributed by atoms with E-state index in [9.17, 15) is 13.2 Å². The van der Waals surface area contributed by atoms with Gasteiger partial charge in [0.2, 0.25) is 10.0 Å². The number of sulfonamides is 1. The van der Waals surface area contributed by atoms with E-state index in [1.807, 2.05) is 0 Å². The molecule has 0 unspecified atom stereocenters. The molecule has 0 bridgehead atoms. The van der Waals surface area contributed by atoms with Gasteiger partial charge in [0.1, 0.15) is 0 Å². The molecular weight excluding hydrogens is 326 g/mol. The third-order valence-corrected chi connectivity index (χ3v) is 5.82. The quantitative estimate of drug-likeness (QED) is 0.871. The van der Waals surface area contributed by atoms with Gasteiger partial charge in [-0.2, -0.15) is 0 Å². The number of hydrogen-bond acceptors (Lipinski definition) is 3. The van der Waals surface area contributed by atoms with E-state index in [0.717, 1.165) is 36.8 Å². The van der Waals surface area contributed by atoms with Gasteiger partial charge in [0.05, 0.1) is 10.5 Å². The molecule has 5 nitrogen and oxygen atoms in total. The third-order valence-electron chi connectivity index (χ3n) is 4.28. The number of hydrogen-bond donors (Lipinski definition) is 2. The van der Waals surface area contributed by atoms with Crippen LogP contribution >= 0.6 is 0 Å². The van der Waals surface area contributed by atoms with Crippen LogP contribution in [0.1, 0.15) is 36.0 Å². The van der Waals surface area contributed by atoms with Crippen molar-refractivity contribution in [2.45, 2.75) is 36.6 Å². The fraction of sp³-hybridized carbons (Fsp3) is 0.278. The Morgan fingerprint density at radius 2 is 1.67 bits per heavy atom. The first-order valence-electron chi connectivity index (χ1n) is 7.92. The SMILES string of the molecule is O=C(O)c1cccc(-c2ccc(S(=O)(=O)NC3CCCC3)cc2)c1. The molecular formula is C18H19NO4S. The highest BCUT2D eigenvalue weighted by Gasteiger charge is 2.22. The average Bonchev–Trinajstić information content (AvgIpc) is 3.07. The fourth-order valence-corrected chi connectivity index (χ4v) is 4.29. The molecule has 0 spiro atoms. The molecule has 1 aliphatic carbocycles. The molecule has 0 aromatic heterocycles. The number of carboxylic acid groups (broad SMARTS) is 1. The van der Waals surface area contributed by atoms with Crippen molar-refractivity contribution in [3.63, 3.8) is 0 Å². The number of nitrogens with one attached hydrogen (secondary N) is 1. The van der Waals surface area contributed by atoms with Gasteiger partial charge >= 0.3 is 5.97 Å². The summed E-state index contributed by atoms with van der Waals surface area (Å²) < 4.78 is 27.5. The normalized spacial score (nSPS) is 15.5. The minimum atomic E-state index is -3.51. The van der Waals surface area contributed by atoms with Crippen LogP contribution in [-0.4, -0.2) is 25.5 Å². The number of rotatable bonds is 5. The molecule has 6 heteroatoms. The summed E-state index contributed by atoms with van der Waals surface area (Å²) in [6.45, 7) is 0. The van der Waals surface area contributed by atoms with Crippen molar-refractivity contribution >= 4 is 16.0 Å². The minimum absolute atomic E-state index is 0.0296. The zero-order chi connectivity index (χ0) is 17.2. The lowest BCUT2D eigenvalue weighted by atomic mass is 10.0. The van der Waals surface area contributed by atoms with Gasteiger partial charge in [-0.1, -0.05) is 37.1 Å². The van der Waals surface area contributed by atoms with Gasteiger partial charge in [-0.25, -0.2) is 17.9 Å². The van der Waals surface area contributed by atoms with Gasteiger partial charge in [-0.15, -0.1) is 0 Å². The van der Waals surface area contributed by atoms with Gasteiger partial charge in [-0.3, -0.25) is 0 Å². The molecule has 3 rings (SSSR count). The van der Waals surface area contributed by atoms with Crippen molar-refractivity contribution in [2.75, 3.05) is 0 Å². The zero-order valence-electron chi connectivity index (χ0n) is 13.1. The van der Waals surface area contributed by atoms with Gasteiger partial charge in [0.25, 0.3) is 0 Å². The predicted octanol–water partition coefficient (Wildman–Crippen LogP) is 3.27. The zero-order valence-corrected chi connectivity index (χ0v) is 13.9. The van der Waals surface area contributed by atoms with Crippen molar-refractivity contribution < 1.29 is 18.3 Å². The number of aromatic carboxylic acids is 1. The van der Waals surface area contributed by atoms with E-state index in [0.29, 0.717) is 0 Å². The Morgan fingerprint density at radius 1 is 1.00 bits per heavy atom. The Kier molecular flexibility index (Phi) is 4.69. The number of carbonyl (C=O) groups is 1. The smallest absolute Gasteiger partial charge is 0.335 e. The van der Waals surface area contributed by atoms with Crippen LogP contribution in [0, 0.1) is 0 Å². The summed E-state index contributed by atoms with van der Waals surface area (Å²) in [6, 6.07) is 13.1. The molecule has 0 saturated heterocycles. The number of benzene rings is 2. The van der Waals surface area contributed by atoms with Crippen molar-refractivity contribution in [1.29, 1.82) is 0 Å². The van der Waals surface area contributed by atoms with Gasteiger partial charge in [0.15, 0.2) is 0 Å². The third kappa shape index (κ3) is 3.66. The summed E-state index contributed by atoms with van der Waals surface area (Å²) in [7, 11) is -3.51. The molecule has 1 saturated carbocycles. The monoisotopic (exact) mass is 345 g/mol. The predicted molar refractivity (Wildman–Crippen MR) is 91.4 cm³/mol. The highest BCUT2D eigenvalue weighted by atomic mass is 32.2. The van der Waals surface area contributed by atoms with E-state index >= 15 is 0 Å². The van der Waals surface area contributed by atoms with Crippen LogP contribution in [0.2, 0.25) is 0 Å². The van der Waals surface area contributed by atoms with E-state index < -0.39 is 16.0 Å². The largest absolute Gasteiger partial charge is 0.478 e. The standard InChI is InChI=1S/C18H19NO4S/c20-18(21)15-5-3-4-14(12-15)13-8-10-17(11-9-13)24(22,23)19-16-6-1-2-7-16/h3-5,8-12,16,19H,1-2,6-7H2,(H,20,21).